The molecule has 9 nitrogen and oxygen atoms in total. The maximum Gasteiger partial charge on any atom is 0.259 e. The Kier molecular flexibility index (Phi) is 7.24. The number of nitrogen functional groups attached to an aromatic ring is 1. The molecular formula is C23H29N5O4. The van der Waals surface area contributed by atoms with Gasteiger partial charge >= 0.3 is 0 Å². The van der Waals surface area contributed by atoms with Crippen LogP contribution in [0.4, 0.5) is 11.4 Å². The molecular weight excluding hydrogens is 410 g/mol. The fourth-order valence-electron chi connectivity index (χ4n) is 3.51. The summed E-state index contributed by atoms with van der Waals surface area (Å²) in [5, 5.41) is 20.5. The molecule has 1 heterocycles. The number of nitrogens with two attached hydrogens (primary N) is 1. The number of ether oxygens (including phenoxy) is 1. The van der Waals surface area contributed by atoms with Crippen LogP contribution >= 0.6 is 0 Å². The first-order chi connectivity index (χ1) is 15.2. The first kappa shape index (κ1) is 23.4. The highest BCUT2D eigenvalue weighted by Crippen LogP contribution is 2.24. The molecule has 2 amide bonds. The van der Waals surface area contributed by atoms with E-state index in [4.69, 9.17) is 15.9 Å². The Hall–Kier alpha value is -3.27. The summed E-state index contributed by atoms with van der Waals surface area (Å²) in [5.41, 5.74) is 9.26. The number of carbonyl (C=O) groups excluding carboxylic acids is 2. The van der Waals surface area contributed by atoms with Gasteiger partial charge < -0.3 is 30.7 Å². The Labute approximate surface area is 187 Å². The number of hydrogen-bond donors (Lipinski definition) is 4. The van der Waals surface area contributed by atoms with Gasteiger partial charge in [-0.3, -0.25) is 15.0 Å². The van der Waals surface area contributed by atoms with Gasteiger partial charge in [0, 0.05) is 30.0 Å². The lowest BCUT2D eigenvalue weighted by Gasteiger charge is -2.34. The van der Waals surface area contributed by atoms with Gasteiger partial charge in [0.05, 0.1) is 6.61 Å². The number of carbonyl (C=O) groups is 2. The molecule has 1 aliphatic heterocycles. The molecule has 3 rings (SSSR count). The van der Waals surface area contributed by atoms with Gasteiger partial charge in [-0.2, -0.15) is 0 Å². The molecule has 0 aromatic heterocycles. The molecule has 2 aromatic rings. The molecule has 1 saturated heterocycles. The van der Waals surface area contributed by atoms with Gasteiger partial charge in [0.1, 0.15) is 5.84 Å². The Balaban J connectivity index is 1.72. The third kappa shape index (κ3) is 5.31. The largest absolute Gasteiger partial charge is 0.384 e. The second kappa shape index (κ2) is 9.90. The zero-order valence-corrected chi connectivity index (χ0v) is 18.5. The number of amidine groups is 1. The van der Waals surface area contributed by atoms with E-state index in [0.717, 1.165) is 17.7 Å². The zero-order valence-electron chi connectivity index (χ0n) is 18.5. The molecule has 0 bridgehead atoms. The highest BCUT2D eigenvalue weighted by molar-refractivity contribution is 6.04. The predicted molar refractivity (Wildman–Crippen MR) is 123 cm³/mol. The molecule has 1 aliphatic rings. The summed E-state index contributed by atoms with van der Waals surface area (Å²) in [5.74, 6) is -1.31. The second-order valence-electron chi connectivity index (χ2n) is 8.05. The van der Waals surface area contributed by atoms with Crippen LogP contribution < -0.4 is 16.0 Å². The molecule has 170 valence electrons. The van der Waals surface area contributed by atoms with Crippen molar-refractivity contribution in [1.29, 1.82) is 5.41 Å². The zero-order chi connectivity index (χ0) is 23.4. The number of nitrogens with zero attached hydrogens (tertiary/aromatic N) is 2. The molecule has 32 heavy (non-hydrogen) atoms. The van der Waals surface area contributed by atoms with Gasteiger partial charge in [-0.1, -0.05) is 6.07 Å². The summed E-state index contributed by atoms with van der Waals surface area (Å²) in [6, 6.07) is 12.1. The van der Waals surface area contributed by atoms with Crippen LogP contribution in [-0.2, 0) is 20.9 Å². The number of rotatable bonds is 7. The van der Waals surface area contributed by atoms with E-state index in [1.165, 1.54) is 0 Å². The van der Waals surface area contributed by atoms with E-state index in [-0.39, 0.29) is 12.4 Å². The molecule has 2 atom stereocenters. The van der Waals surface area contributed by atoms with Gasteiger partial charge in [-0.05, 0) is 68.5 Å². The Morgan fingerprint density at radius 3 is 2.62 bits per heavy atom. The highest BCUT2D eigenvalue weighted by atomic mass is 16.5. The lowest BCUT2D eigenvalue weighted by atomic mass is 10.0. The standard InChI is InChI=1S/C23H29N5O4/c1-14-4-9-18(12-16(14)13-27(2)3)28-10-11-32-20(23(28)31)19(29)22(30)26-17-7-5-15(6-8-17)21(24)25/h4-9,12,19-20,29H,10-11,13H2,1-3H3,(H3,24,25)(H,26,30)/t19-,20-/m1/s1. The number of aliphatic hydroxyl groups is 1. The normalized spacial score (nSPS) is 17.3. The van der Waals surface area contributed by atoms with E-state index < -0.39 is 24.0 Å². The van der Waals surface area contributed by atoms with Crippen LogP contribution in [0, 0.1) is 12.3 Å². The molecule has 0 radical (unpaired) electrons. The number of amides is 2. The minimum Gasteiger partial charge on any atom is -0.384 e. The molecule has 0 saturated carbocycles. The number of morpholine rings is 1. The van der Waals surface area contributed by atoms with Crippen molar-refractivity contribution in [1.82, 2.24) is 4.90 Å². The van der Waals surface area contributed by atoms with Crippen molar-refractivity contribution in [3.63, 3.8) is 0 Å². The van der Waals surface area contributed by atoms with E-state index >= 15 is 0 Å². The molecule has 1 fully saturated rings. The fraction of sp³-hybridized carbons (Fsp3) is 0.348. The van der Waals surface area contributed by atoms with Crippen LogP contribution in [0.15, 0.2) is 42.5 Å². The third-order valence-electron chi connectivity index (χ3n) is 5.27. The molecule has 0 aliphatic carbocycles. The van der Waals surface area contributed by atoms with Crippen molar-refractivity contribution in [2.75, 3.05) is 37.5 Å². The molecule has 9 heteroatoms. The van der Waals surface area contributed by atoms with E-state index in [1.807, 2.05) is 44.1 Å². The number of aryl methyl sites for hydroxylation is 1. The average molecular weight is 440 g/mol. The molecule has 0 spiro atoms. The van der Waals surface area contributed by atoms with Gasteiger partial charge in [-0.15, -0.1) is 0 Å². The monoisotopic (exact) mass is 439 g/mol. The van der Waals surface area contributed by atoms with E-state index in [9.17, 15) is 14.7 Å². The van der Waals surface area contributed by atoms with Crippen LogP contribution in [0.2, 0.25) is 0 Å². The lowest BCUT2D eigenvalue weighted by molar-refractivity contribution is -0.150. The molecule has 2 aromatic carbocycles. The van der Waals surface area contributed by atoms with Crippen molar-refractivity contribution < 1.29 is 19.4 Å². The summed E-state index contributed by atoms with van der Waals surface area (Å²) < 4.78 is 5.48. The van der Waals surface area contributed by atoms with Crippen LogP contribution in [0.1, 0.15) is 16.7 Å². The van der Waals surface area contributed by atoms with Crippen LogP contribution in [-0.4, -0.2) is 67.1 Å². The number of benzene rings is 2. The maximum atomic E-state index is 13.1. The van der Waals surface area contributed by atoms with Crippen molar-refractivity contribution >= 4 is 29.0 Å². The smallest absolute Gasteiger partial charge is 0.259 e. The fourth-order valence-corrected chi connectivity index (χ4v) is 3.51. The van der Waals surface area contributed by atoms with Crippen LogP contribution in [0.5, 0.6) is 0 Å². The first-order valence-corrected chi connectivity index (χ1v) is 10.3. The summed E-state index contributed by atoms with van der Waals surface area (Å²) in [7, 11) is 3.95. The number of hydrogen-bond acceptors (Lipinski definition) is 6. The van der Waals surface area contributed by atoms with Gasteiger partial charge in [0.2, 0.25) is 0 Å². The average Bonchev–Trinajstić information content (AvgIpc) is 2.75. The van der Waals surface area contributed by atoms with Crippen molar-refractivity contribution in [2.45, 2.75) is 25.7 Å². The van der Waals surface area contributed by atoms with E-state index in [2.05, 4.69) is 5.32 Å². The number of anilines is 2. The SMILES string of the molecule is Cc1ccc(N2CCO[C@H]([C@@H](O)C(=O)Nc3ccc(C(=N)N)cc3)C2=O)cc1CN(C)C. The van der Waals surface area contributed by atoms with Crippen molar-refractivity contribution in [2.24, 2.45) is 5.73 Å². The van der Waals surface area contributed by atoms with Gasteiger partial charge in [-0.25, -0.2) is 0 Å². The summed E-state index contributed by atoms with van der Waals surface area (Å²) in [4.78, 5) is 29.2. The Bertz CT molecular complexity index is 1010. The molecule has 5 N–H and O–H groups in total. The minimum atomic E-state index is -1.68. The summed E-state index contributed by atoms with van der Waals surface area (Å²) in [6.07, 6.45) is -2.98. The first-order valence-electron chi connectivity index (χ1n) is 10.3. The highest BCUT2D eigenvalue weighted by Gasteiger charge is 2.39. The maximum absolute atomic E-state index is 13.1. The Morgan fingerprint density at radius 2 is 2.00 bits per heavy atom. The lowest BCUT2D eigenvalue weighted by Crippen LogP contribution is -2.55. The summed E-state index contributed by atoms with van der Waals surface area (Å²) in [6.45, 7) is 3.28. The van der Waals surface area contributed by atoms with E-state index in [1.54, 1.807) is 29.2 Å². The minimum absolute atomic E-state index is 0.0888. The topological polar surface area (TPSA) is 132 Å². The van der Waals surface area contributed by atoms with Crippen LogP contribution in [0.25, 0.3) is 0 Å². The van der Waals surface area contributed by atoms with Crippen LogP contribution in [0.3, 0.4) is 0 Å². The van der Waals surface area contributed by atoms with Gasteiger partial charge in [0.15, 0.2) is 12.2 Å². The predicted octanol–water partition coefficient (Wildman–Crippen LogP) is 1.07. The van der Waals surface area contributed by atoms with Gasteiger partial charge in [0.25, 0.3) is 11.8 Å². The number of nitrogens with one attached hydrogen (secondary N) is 2. The summed E-state index contributed by atoms with van der Waals surface area (Å²) >= 11 is 0. The van der Waals surface area contributed by atoms with Crippen molar-refractivity contribution in [3.05, 3.63) is 59.2 Å². The molecule has 0 unspecified atom stereocenters. The quantitative estimate of drug-likeness (QED) is 0.377. The number of aliphatic hydroxyl groups excluding tert-OH is 1. The third-order valence-corrected chi connectivity index (χ3v) is 5.27. The van der Waals surface area contributed by atoms with Crippen molar-refractivity contribution in [3.8, 4) is 0 Å². The van der Waals surface area contributed by atoms with E-state index in [0.29, 0.717) is 23.5 Å². The second-order valence-corrected chi connectivity index (χ2v) is 8.05. The Morgan fingerprint density at radius 1 is 1.31 bits per heavy atom.